The van der Waals surface area contributed by atoms with Crippen molar-refractivity contribution in [2.45, 2.75) is 6.92 Å². The van der Waals surface area contributed by atoms with Gasteiger partial charge in [-0.05, 0) is 25.1 Å². The van der Waals surface area contributed by atoms with Crippen LogP contribution in [0.5, 0.6) is 0 Å². The molecule has 3 rings (SSSR count). The van der Waals surface area contributed by atoms with Gasteiger partial charge in [-0.15, -0.1) is 0 Å². The van der Waals surface area contributed by atoms with Crippen LogP contribution in [0.1, 0.15) is 17.3 Å². The van der Waals surface area contributed by atoms with Gasteiger partial charge in [0.15, 0.2) is 0 Å². The Bertz CT molecular complexity index is 976. The van der Waals surface area contributed by atoms with Gasteiger partial charge in [0.2, 0.25) is 0 Å². The first kappa shape index (κ1) is 16.9. The average Bonchev–Trinajstić information content (AvgIpc) is 3.02. The van der Waals surface area contributed by atoms with Crippen LogP contribution in [-0.4, -0.2) is 32.1 Å². The summed E-state index contributed by atoms with van der Waals surface area (Å²) in [4.78, 5) is 24.9. The monoisotopic (exact) mass is 358 g/mol. The van der Waals surface area contributed by atoms with E-state index >= 15 is 0 Å². The van der Waals surface area contributed by atoms with Crippen molar-refractivity contribution in [2.24, 2.45) is 7.05 Å². The molecule has 0 unspecified atom stereocenters. The molecule has 0 saturated carbocycles. The fourth-order valence-corrected chi connectivity index (χ4v) is 2.43. The lowest BCUT2D eigenvalue weighted by atomic mass is 10.1. The molecule has 0 radical (unpaired) electrons. The van der Waals surface area contributed by atoms with Crippen molar-refractivity contribution >= 4 is 17.6 Å². The minimum Gasteiger partial charge on any atom is -0.462 e. The lowest BCUT2D eigenvalue weighted by molar-refractivity contribution is 0.0523. The van der Waals surface area contributed by atoms with Crippen LogP contribution in [0.15, 0.2) is 47.5 Å². The maximum Gasteiger partial charge on any atom is 0.343 e. The van der Waals surface area contributed by atoms with Gasteiger partial charge < -0.3 is 4.74 Å². The van der Waals surface area contributed by atoms with E-state index in [9.17, 15) is 9.59 Å². The Labute approximate surface area is 148 Å². The Morgan fingerprint density at radius 3 is 2.60 bits per heavy atom. The average molecular weight is 359 g/mol. The van der Waals surface area contributed by atoms with Gasteiger partial charge in [0, 0.05) is 17.6 Å². The Morgan fingerprint density at radius 2 is 2.00 bits per heavy atom. The van der Waals surface area contributed by atoms with Gasteiger partial charge in [-0.2, -0.15) is 14.9 Å². The van der Waals surface area contributed by atoms with E-state index in [0.29, 0.717) is 22.0 Å². The van der Waals surface area contributed by atoms with Crippen molar-refractivity contribution in [1.82, 2.24) is 19.6 Å². The lowest BCUT2D eigenvalue weighted by Gasteiger charge is -2.09. The SMILES string of the molecule is CCOC(=O)c1cc(-c2ccc(Cl)cc2)nn(-c2cnn(C)c2)c1=O. The number of benzene rings is 1. The molecule has 0 saturated heterocycles. The highest BCUT2D eigenvalue weighted by Gasteiger charge is 2.19. The smallest absolute Gasteiger partial charge is 0.343 e. The summed E-state index contributed by atoms with van der Waals surface area (Å²) in [5.74, 6) is -0.692. The van der Waals surface area contributed by atoms with E-state index in [2.05, 4.69) is 10.2 Å². The van der Waals surface area contributed by atoms with E-state index in [1.807, 2.05) is 0 Å². The zero-order chi connectivity index (χ0) is 18.0. The lowest BCUT2D eigenvalue weighted by Crippen LogP contribution is -2.28. The van der Waals surface area contributed by atoms with Gasteiger partial charge in [0.25, 0.3) is 5.56 Å². The molecule has 7 nitrogen and oxygen atoms in total. The standard InChI is InChI=1S/C17H15ClN4O3/c1-3-25-17(24)14-8-15(11-4-6-12(18)7-5-11)20-22(16(14)23)13-9-19-21(2)10-13/h4-10H,3H2,1-2H3. The summed E-state index contributed by atoms with van der Waals surface area (Å²) in [6, 6.07) is 8.37. The van der Waals surface area contributed by atoms with Gasteiger partial charge >= 0.3 is 5.97 Å². The number of esters is 1. The van der Waals surface area contributed by atoms with Crippen LogP contribution < -0.4 is 5.56 Å². The maximum absolute atomic E-state index is 12.7. The number of rotatable bonds is 4. The summed E-state index contributed by atoms with van der Waals surface area (Å²) in [5.41, 5.74) is 0.958. The van der Waals surface area contributed by atoms with Crippen molar-refractivity contribution in [3.63, 3.8) is 0 Å². The Balaban J connectivity index is 2.22. The predicted molar refractivity (Wildman–Crippen MR) is 93.0 cm³/mol. The number of carbonyl (C=O) groups is 1. The molecule has 0 bridgehead atoms. The van der Waals surface area contributed by atoms with Crippen LogP contribution in [0.3, 0.4) is 0 Å². The van der Waals surface area contributed by atoms with Crippen LogP contribution in [-0.2, 0) is 11.8 Å². The second-order valence-electron chi connectivity index (χ2n) is 5.26. The second-order valence-corrected chi connectivity index (χ2v) is 5.70. The summed E-state index contributed by atoms with van der Waals surface area (Å²) in [5, 5.41) is 8.98. The Kier molecular flexibility index (Phi) is 4.67. The number of hydrogen-bond donors (Lipinski definition) is 0. The van der Waals surface area contributed by atoms with Gasteiger partial charge in [0.05, 0.1) is 24.7 Å². The highest BCUT2D eigenvalue weighted by Crippen LogP contribution is 2.20. The van der Waals surface area contributed by atoms with E-state index in [1.54, 1.807) is 49.1 Å². The van der Waals surface area contributed by atoms with E-state index in [4.69, 9.17) is 16.3 Å². The topological polar surface area (TPSA) is 79.0 Å². The quantitative estimate of drug-likeness (QED) is 0.669. The van der Waals surface area contributed by atoms with E-state index in [-0.39, 0.29) is 12.2 Å². The van der Waals surface area contributed by atoms with Crippen molar-refractivity contribution in [3.05, 3.63) is 63.7 Å². The molecule has 128 valence electrons. The molecule has 2 aromatic heterocycles. The normalized spacial score (nSPS) is 10.7. The molecular weight excluding hydrogens is 344 g/mol. The number of hydrogen-bond acceptors (Lipinski definition) is 5. The maximum atomic E-state index is 12.7. The number of halogens is 1. The molecular formula is C17H15ClN4O3. The predicted octanol–water partition coefficient (Wildman–Crippen LogP) is 2.46. The molecule has 0 aliphatic carbocycles. The van der Waals surface area contributed by atoms with Crippen LogP contribution in [0.2, 0.25) is 5.02 Å². The van der Waals surface area contributed by atoms with Gasteiger partial charge in [0.1, 0.15) is 11.3 Å². The molecule has 0 aliphatic rings. The van der Waals surface area contributed by atoms with Gasteiger partial charge in [-0.1, -0.05) is 23.7 Å². The number of aryl methyl sites for hydroxylation is 1. The summed E-state index contributed by atoms with van der Waals surface area (Å²) in [6.45, 7) is 1.85. The van der Waals surface area contributed by atoms with Gasteiger partial charge in [-0.3, -0.25) is 9.48 Å². The van der Waals surface area contributed by atoms with Crippen LogP contribution in [0.4, 0.5) is 0 Å². The van der Waals surface area contributed by atoms with Crippen LogP contribution in [0.25, 0.3) is 16.9 Å². The molecule has 25 heavy (non-hydrogen) atoms. The molecule has 0 spiro atoms. The molecule has 8 heteroatoms. The number of carbonyl (C=O) groups excluding carboxylic acids is 1. The number of ether oxygens (including phenoxy) is 1. The Hall–Kier alpha value is -2.93. The fourth-order valence-electron chi connectivity index (χ4n) is 2.30. The van der Waals surface area contributed by atoms with E-state index < -0.39 is 11.5 Å². The first-order valence-electron chi connectivity index (χ1n) is 7.56. The van der Waals surface area contributed by atoms with E-state index in [0.717, 1.165) is 4.68 Å². The molecule has 1 aromatic carbocycles. The number of aromatic nitrogens is 4. The first-order valence-corrected chi connectivity index (χ1v) is 7.94. The third-order valence-electron chi connectivity index (χ3n) is 3.48. The summed E-state index contributed by atoms with van der Waals surface area (Å²) in [6.07, 6.45) is 3.13. The molecule has 0 aliphatic heterocycles. The largest absolute Gasteiger partial charge is 0.462 e. The molecule has 0 amide bonds. The number of nitrogens with zero attached hydrogens (tertiary/aromatic N) is 4. The van der Waals surface area contributed by atoms with Crippen molar-refractivity contribution in [1.29, 1.82) is 0 Å². The fraction of sp³-hybridized carbons (Fsp3) is 0.176. The highest BCUT2D eigenvalue weighted by molar-refractivity contribution is 6.30. The van der Waals surface area contributed by atoms with Crippen molar-refractivity contribution in [2.75, 3.05) is 6.61 Å². The van der Waals surface area contributed by atoms with Gasteiger partial charge in [-0.25, -0.2) is 4.79 Å². The Morgan fingerprint density at radius 1 is 1.28 bits per heavy atom. The summed E-state index contributed by atoms with van der Waals surface area (Å²) >= 11 is 5.92. The zero-order valence-corrected chi connectivity index (χ0v) is 14.4. The molecule has 0 fully saturated rings. The minimum absolute atomic E-state index is 0.0920. The van der Waals surface area contributed by atoms with Crippen molar-refractivity contribution < 1.29 is 9.53 Å². The molecule has 3 aromatic rings. The van der Waals surface area contributed by atoms with E-state index in [1.165, 1.54) is 12.3 Å². The van der Waals surface area contributed by atoms with Crippen LogP contribution >= 0.6 is 11.6 Å². The molecule has 2 heterocycles. The summed E-state index contributed by atoms with van der Waals surface area (Å²) in [7, 11) is 1.73. The molecule has 0 N–H and O–H groups in total. The minimum atomic E-state index is -0.692. The first-order chi connectivity index (χ1) is 12.0. The van der Waals surface area contributed by atoms with Crippen molar-refractivity contribution in [3.8, 4) is 16.9 Å². The zero-order valence-electron chi connectivity index (χ0n) is 13.6. The highest BCUT2D eigenvalue weighted by atomic mass is 35.5. The third-order valence-corrected chi connectivity index (χ3v) is 3.73. The van der Waals surface area contributed by atoms with Crippen LogP contribution in [0, 0.1) is 0 Å². The summed E-state index contributed by atoms with van der Waals surface area (Å²) < 4.78 is 7.68. The second kappa shape index (κ2) is 6.90. The third kappa shape index (κ3) is 3.46. The molecule has 0 atom stereocenters.